The molecule has 1 aromatic carbocycles. The zero-order chi connectivity index (χ0) is 12.5. The average Bonchev–Trinajstić information content (AvgIpc) is 2.33. The molecule has 17 heavy (non-hydrogen) atoms. The number of morpholine rings is 1. The number of hydrogen-bond donors (Lipinski definition) is 1. The van der Waals surface area contributed by atoms with Crippen LogP contribution >= 0.6 is 22.6 Å². The normalized spacial score (nSPS) is 21.5. The highest BCUT2D eigenvalue weighted by Crippen LogP contribution is 2.36. The van der Waals surface area contributed by atoms with E-state index in [9.17, 15) is 13.2 Å². The van der Waals surface area contributed by atoms with Gasteiger partial charge < -0.3 is 10.1 Å². The molecular formula is C11H11F3INO. The third kappa shape index (κ3) is 2.58. The third-order valence-corrected chi connectivity index (χ3v) is 3.48. The number of rotatable bonds is 2. The van der Waals surface area contributed by atoms with E-state index >= 15 is 0 Å². The highest BCUT2D eigenvalue weighted by atomic mass is 127. The topological polar surface area (TPSA) is 21.3 Å². The van der Waals surface area contributed by atoms with Crippen LogP contribution in [0.25, 0.3) is 0 Å². The zero-order valence-corrected chi connectivity index (χ0v) is 11.0. The summed E-state index contributed by atoms with van der Waals surface area (Å²) in [5.41, 5.74) is -0.599. The molecule has 1 atom stereocenters. The van der Waals surface area contributed by atoms with E-state index in [1.807, 2.05) is 0 Å². The molecule has 6 heteroatoms. The fourth-order valence-corrected chi connectivity index (χ4v) is 2.23. The maximum Gasteiger partial charge on any atom is 0.302 e. The van der Waals surface area contributed by atoms with E-state index in [2.05, 4.69) is 5.32 Å². The lowest BCUT2D eigenvalue weighted by Gasteiger charge is -2.31. The number of benzene rings is 1. The lowest BCUT2D eigenvalue weighted by Crippen LogP contribution is -2.47. The molecule has 0 aliphatic carbocycles. The zero-order valence-electron chi connectivity index (χ0n) is 8.85. The smallest absolute Gasteiger partial charge is 0.302 e. The molecule has 0 saturated carbocycles. The van der Waals surface area contributed by atoms with Gasteiger partial charge in [0.15, 0.2) is 0 Å². The van der Waals surface area contributed by atoms with Crippen molar-refractivity contribution in [2.45, 2.75) is 12.0 Å². The van der Waals surface area contributed by atoms with Gasteiger partial charge in [0, 0.05) is 16.7 Å². The number of nitrogens with one attached hydrogen (secondary N) is 1. The highest BCUT2D eigenvalue weighted by molar-refractivity contribution is 14.1. The van der Waals surface area contributed by atoms with E-state index in [0.29, 0.717) is 6.54 Å². The van der Waals surface area contributed by atoms with E-state index in [0.717, 1.165) is 6.07 Å². The molecular weight excluding hydrogens is 346 g/mol. The summed E-state index contributed by atoms with van der Waals surface area (Å²) in [7, 11) is 0. The van der Waals surface area contributed by atoms with Crippen LogP contribution in [0.1, 0.15) is 5.56 Å². The quantitative estimate of drug-likeness (QED) is 0.822. The third-order valence-electron chi connectivity index (χ3n) is 2.64. The molecule has 94 valence electrons. The van der Waals surface area contributed by atoms with Crippen molar-refractivity contribution in [1.82, 2.24) is 5.32 Å². The molecule has 2 rings (SSSR count). The summed E-state index contributed by atoms with van der Waals surface area (Å²) in [5.74, 6) is -4.19. The van der Waals surface area contributed by atoms with Gasteiger partial charge in [-0.3, -0.25) is 0 Å². The molecule has 1 aliphatic rings. The van der Waals surface area contributed by atoms with Gasteiger partial charge in [0.2, 0.25) is 0 Å². The van der Waals surface area contributed by atoms with Crippen LogP contribution in [-0.4, -0.2) is 25.8 Å². The molecule has 1 saturated heterocycles. The summed E-state index contributed by atoms with van der Waals surface area (Å²) in [4.78, 5) is 0. The van der Waals surface area contributed by atoms with E-state index in [-0.39, 0.29) is 16.7 Å². The SMILES string of the molecule is Fc1c(I)cccc1C(F)(F)C1CNCCO1. The second kappa shape index (κ2) is 5.11. The fourth-order valence-electron chi connectivity index (χ4n) is 1.73. The van der Waals surface area contributed by atoms with Gasteiger partial charge in [-0.25, -0.2) is 4.39 Å². The van der Waals surface area contributed by atoms with Crippen LogP contribution in [0.5, 0.6) is 0 Å². The molecule has 0 amide bonds. The van der Waals surface area contributed by atoms with Gasteiger partial charge in [-0.2, -0.15) is 8.78 Å². The van der Waals surface area contributed by atoms with Crippen molar-refractivity contribution in [2.75, 3.05) is 19.7 Å². The molecule has 0 bridgehead atoms. The lowest BCUT2D eigenvalue weighted by atomic mass is 10.0. The Morgan fingerprint density at radius 3 is 2.82 bits per heavy atom. The molecule has 1 N–H and O–H groups in total. The van der Waals surface area contributed by atoms with Crippen LogP contribution in [-0.2, 0) is 10.7 Å². The first-order valence-electron chi connectivity index (χ1n) is 5.18. The van der Waals surface area contributed by atoms with Crippen LogP contribution in [0.2, 0.25) is 0 Å². The van der Waals surface area contributed by atoms with Gasteiger partial charge in [0.1, 0.15) is 11.9 Å². The molecule has 1 aromatic rings. The first-order chi connectivity index (χ1) is 8.03. The molecule has 1 unspecified atom stereocenters. The summed E-state index contributed by atoms with van der Waals surface area (Å²) in [6.45, 7) is 0.783. The van der Waals surface area contributed by atoms with Crippen LogP contribution in [0.15, 0.2) is 18.2 Å². The second-order valence-electron chi connectivity index (χ2n) is 3.79. The molecule has 1 aliphatic heterocycles. The van der Waals surface area contributed by atoms with Crippen LogP contribution < -0.4 is 5.32 Å². The standard InChI is InChI=1S/C11H11F3INO/c12-10-7(2-1-3-8(10)15)11(13,14)9-6-16-4-5-17-9/h1-3,9,16H,4-6H2. The minimum atomic E-state index is -3.32. The van der Waals surface area contributed by atoms with Gasteiger partial charge in [0.05, 0.1) is 12.2 Å². The van der Waals surface area contributed by atoms with Crippen molar-refractivity contribution < 1.29 is 17.9 Å². The average molecular weight is 357 g/mol. The molecule has 2 nitrogen and oxygen atoms in total. The van der Waals surface area contributed by atoms with Gasteiger partial charge in [0.25, 0.3) is 0 Å². The van der Waals surface area contributed by atoms with Crippen LogP contribution in [0.4, 0.5) is 13.2 Å². The van der Waals surface area contributed by atoms with Gasteiger partial charge in [-0.1, -0.05) is 6.07 Å². The Balaban J connectivity index is 2.32. The Morgan fingerprint density at radius 1 is 1.41 bits per heavy atom. The molecule has 1 fully saturated rings. The summed E-state index contributed by atoms with van der Waals surface area (Å²) in [6.07, 6.45) is -1.32. The maximum atomic E-state index is 14.1. The Hall–Kier alpha value is -0.340. The first-order valence-corrected chi connectivity index (χ1v) is 6.26. The Kier molecular flexibility index (Phi) is 3.94. The summed E-state index contributed by atoms with van der Waals surface area (Å²) in [5, 5.41) is 2.82. The van der Waals surface area contributed by atoms with Gasteiger partial charge in [-0.15, -0.1) is 0 Å². The van der Waals surface area contributed by atoms with E-state index in [4.69, 9.17) is 4.74 Å². The molecule has 1 heterocycles. The minimum absolute atomic E-state index is 0.0257. The van der Waals surface area contributed by atoms with Crippen molar-refractivity contribution in [3.63, 3.8) is 0 Å². The Morgan fingerprint density at radius 2 is 2.18 bits per heavy atom. The van der Waals surface area contributed by atoms with E-state index in [1.165, 1.54) is 12.1 Å². The summed E-state index contributed by atoms with van der Waals surface area (Å²) >= 11 is 1.70. The minimum Gasteiger partial charge on any atom is -0.369 e. The number of halogens is 4. The predicted molar refractivity (Wildman–Crippen MR) is 65.6 cm³/mol. The molecule has 0 radical (unpaired) electrons. The first kappa shape index (κ1) is 13.1. The molecule has 0 spiro atoms. The van der Waals surface area contributed by atoms with Crippen molar-refractivity contribution in [2.24, 2.45) is 0 Å². The van der Waals surface area contributed by atoms with Crippen molar-refractivity contribution in [1.29, 1.82) is 0 Å². The van der Waals surface area contributed by atoms with Crippen LogP contribution in [0.3, 0.4) is 0 Å². The van der Waals surface area contributed by atoms with Crippen LogP contribution in [0, 0.1) is 9.39 Å². The van der Waals surface area contributed by atoms with Crippen molar-refractivity contribution >= 4 is 22.6 Å². The Bertz CT molecular complexity index is 408. The highest BCUT2D eigenvalue weighted by Gasteiger charge is 2.45. The monoisotopic (exact) mass is 357 g/mol. The fraction of sp³-hybridized carbons (Fsp3) is 0.455. The van der Waals surface area contributed by atoms with Gasteiger partial charge in [-0.05, 0) is 34.7 Å². The van der Waals surface area contributed by atoms with E-state index in [1.54, 1.807) is 22.6 Å². The lowest BCUT2D eigenvalue weighted by molar-refractivity contribution is -0.153. The van der Waals surface area contributed by atoms with Crippen molar-refractivity contribution in [3.05, 3.63) is 33.1 Å². The summed E-state index contributed by atoms with van der Waals surface area (Å²) in [6, 6.07) is 3.98. The largest absolute Gasteiger partial charge is 0.369 e. The molecule has 0 aromatic heterocycles. The Labute approximate surface area is 111 Å². The van der Waals surface area contributed by atoms with Gasteiger partial charge >= 0.3 is 5.92 Å². The second-order valence-corrected chi connectivity index (χ2v) is 4.95. The van der Waals surface area contributed by atoms with Crippen molar-refractivity contribution in [3.8, 4) is 0 Å². The number of ether oxygens (including phenoxy) is 1. The number of hydrogen-bond acceptors (Lipinski definition) is 2. The predicted octanol–water partition coefficient (Wildman–Crippen LogP) is 2.51. The number of alkyl halides is 2. The summed E-state index contributed by atoms with van der Waals surface area (Å²) < 4.78 is 47.0. The van der Waals surface area contributed by atoms with E-state index < -0.39 is 23.4 Å². The maximum absolute atomic E-state index is 14.1.